The van der Waals surface area contributed by atoms with Crippen LogP contribution in [0.15, 0.2) is 66.0 Å². The zero-order chi connectivity index (χ0) is 17.6. The summed E-state index contributed by atoms with van der Waals surface area (Å²) in [5.74, 6) is 0. The Bertz CT molecular complexity index is 823. The first kappa shape index (κ1) is 17.6. The van der Waals surface area contributed by atoms with Crippen molar-refractivity contribution in [2.45, 2.75) is 26.3 Å². The molecule has 1 heterocycles. The first-order valence-corrected chi connectivity index (χ1v) is 9.71. The number of hydrogen-bond acceptors (Lipinski definition) is 2. The molecule has 0 spiro atoms. The lowest BCUT2D eigenvalue weighted by Crippen LogP contribution is -2.32. The van der Waals surface area contributed by atoms with Crippen LogP contribution >= 0.6 is 23.6 Å². The zero-order valence-electron chi connectivity index (χ0n) is 14.5. The van der Waals surface area contributed by atoms with Crippen molar-refractivity contribution in [2.75, 3.05) is 5.32 Å². The SMILES string of the molecule is CCc1ccc([C@@H](NC(=S)Nc2ccccc2C)c2cccs2)cc1. The number of thiocarbonyl (C=S) groups is 1. The maximum Gasteiger partial charge on any atom is 0.171 e. The standard InChI is InChI=1S/C21H22N2S2/c1-3-16-10-12-17(13-11-16)20(19-9-6-14-25-19)23-21(24)22-18-8-5-4-7-15(18)2/h4-14,20H,3H2,1-2H3,(H2,22,23,24)/t20-/m1/s1. The van der Waals surface area contributed by atoms with Crippen LogP contribution in [0.2, 0.25) is 0 Å². The summed E-state index contributed by atoms with van der Waals surface area (Å²) in [6.07, 6.45) is 1.05. The Hall–Kier alpha value is -2.17. The summed E-state index contributed by atoms with van der Waals surface area (Å²) in [5.41, 5.74) is 4.76. The van der Waals surface area contributed by atoms with Crippen molar-refractivity contribution in [3.8, 4) is 0 Å². The van der Waals surface area contributed by atoms with Gasteiger partial charge in [-0.1, -0.05) is 55.5 Å². The molecule has 0 radical (unpaired) electrons. The lowest BCUT2D eigenvalue weighted by Gasteiger charge is -2.21. The van der Waals surface area contributed by atoms with E-state index in [1.54, 1.807) is 11.3 Å². The smallest absolute Gasteiger partial charge is 0.171 e. The van der Waals surface area contributed by atoms with Crippen molar-refractivity contribution in [1.29, 1.82) is 0 Å². The number of aryl methyl sites for hydroxylation is 2. The molecule has 0 saturated carbocycles. The van der Waals surface area contributed by atoms with Crippen LogP contribution in [0.4, 0.5) is 5.69 Å². The van der Waals surface area contributed by atoms with Crippen molar-refractivity contribution in [3.05, 3.63) is 87.6 Å². The number of thiophene rings is 1. The molecule has 0 unspecified atom stereocenters. The first-order valence-electron chi connectivity index (χ1n) is 8.42. The third-order valence-corrected chi connectivity index (χ3v) is 5.37. The van der Waals surface area contributed by atoms with E-state index >= 15 is 0 Å². The van der Waals surface area contributed by atoms with Gasteiger partial charge in [-0.25, -0.2) is 0 Å². The van der Waals surface area contributed by atoms with Crippen LogP contribution in [0, 0.1) is 6.92 Å². The van der Waals surface area contributed by atoms with Crippen molar-refractivity contribution in [3.63, 3.8) is 0 Å². The Morgan fingerprint density at radius 1 is 1.04 bits per heavy atom. The molecule has 0 aliphatic carbocycles. The topological polar surface area (TPSA) is 24.1 Å². The Balaban J connectivity index is 1.80. The summed E-state index contributed by atoms with van der Waals surface area (Å²) in [7, 11) is 0. The van der Waals surface area contributed by atoms with Gasteiger partial charge in [-0.15, -0.1) is 11.3 Å². The van der Waals surface area contributed by atoms with Crippen LogP contribution < -0.4 is 10.6 Å². The van der Waals surface area contributed by atoms with Gasteiger partial charge < -0.3 is 10.6 Å². The second-order valence-corrected chi connectivity index (χ2v) is 7.34. The average molecular weight is 367 g/mol. The van der Waals surface area contributed by atoms with E-state index in [9.17, 15) is 0 Å². The van der Waals surface area contributed by atoms with Crippen molar-refractivity contribution >= 4 is 34.4 Å². The molecule has 0 bridgehead atoms. The molecule has 2 nitrogen and oxygen atoms in total. The van der Waals surface area contributed by atoms with E-state index in [1.165, 1.54) is 21.6 Å². The molecule has 0 fully saturated rings. The minimum Gasteiger partial charge on any atom is -0.351 e. The van der Waals surface area contributed by atoms with Gasteiger partial charge in [0.15, 0.2) is 5.11 Å². The van der Waals surface area contributed by atoms with Gasteiger partial charge in [0, 0.05) is 10.6 Å². The van der Waals surface area contributed by atoms with E-state index in [-0.39, 0.29) is 6.04 Å². The Morgan fingerprint density at radius 2 is 1.80 bits per heavy atom. The molecule has 0 aliphatic rings. The van der Waals surface area contributed by atoms with Gasteiger partial charge in [0.05, 0.1) is 6.04 Å². The number of para-hydroxylation sites is 1. The van der Waals surface area contributed by atoms with Crippen molar-refractivity contribution in [1.82, 2.24) is 5.32 Å². The lowest BCUT2D eigenvalue weighted by molar-refractivity contribution is 0.783. The van der Waals surface area contributed by atoms with Crippen LogP contribution in [0.25, 0.3) is 0 Å². The summed E-state index contributed by atoms with van der Waals surface area (Å²) in [6, 6.07) is 21.2. The van der Waals surface area contributed by atoms with E-state index < -0.39 is 0 Å². The molecule has 3 rings (SSSR count). The van der Waals surface area contributed by atoms with Gasteiger partial charge in [-0.2, -0.15) is 0 Å². The number of hydrogen-bond donors (Lipinski definition) is 2. The van der Waals surface area contributed by atoms with Gasteiger partial charge >= 0.3 is 0 Å². The second kappa shape index (κ2) is 8.28. The van der Waals surface area contributed by atoms with E-state index in [1.807, 2.05) is 18.2 Å². The maximum atomic E-state index is 5.58. The van der Waals surface area contributed by atoms with Crippen LogP contribution in [-0.4, -0.2) is 5.11 Å². The highest BCUT2D eigenvalue weighted by molar-refractivity contribution is 7.80. The van der Waals surface area contributed by atoms with Crippen molar-refractivity contribution < 1.29 is 0 Å². The normalized spacial score (nSPS) is 11.8. The molecule has 3 aromatic rings. The third-order valence-electron chi connectivity index (χ3n) is 4.22. The molecule has 2 N–H and O–H groups in total. The molecule has 1 aromatic heterocycles. The fourth-order valence-corrected chi connectivity index (χ4v) is 3.75. The largest absolute Gasteiger partial charge is 0.351 e. The van der Waals surface area contributed by atoms with Crippen LogP contribution in [-0.2, 0) is 6.42 Å². The number of rotatable bonds is 5. The molecule has 0 amide bonds. The molecule has 4 heteroatoms. The summed E-state index contributed by atoms with van der Waals surface area (Å²) < 4.78 is 0. The molecule has 128 valence electrons. The van der Waals surface area contributed by atoms with Crippen molar-refractivity contribution in [2.24, 2.45) is 0 Å². The molecule has 1 atom stereocenters. The van der Waals surface area contributed by atoms with E-state index in [0.717, 1.165) is 12.1 Å². The molecule has 25 heavy (non-hydrogen) atoms. The zero-order valence-corrected chi connectivity index (χ0v) is 16.1. The number of benzene rings is 2. The third kappa shape index (κ3) is 4.47. The lowest BCUT2D eigenvalue weighted by atomic mass is 10.0. The van der Waals surface area contributed by atoms with Gasteiger partial charge in [-0.3, -0.25) is 0 Å². The number of anilines is 1. The van der Waals surface area contributed by atoms with Crippen LogP contribution in [0.5, 0.6) is 0 Å². The Morgan fingerprint density at radius 3 is 2.44 bits per heavy atom. The average Bonchev–Trinajstić information content (AvgIpc) is 3.16. The fourth-order valence-electron chi connectivity index (χ4n) is 2.72. The summed E-state index contributed by atoms with van der Waals surface area (Å²) in [4.78, 5) is 1.25. The second-order valence-electron chi connectivity index (χ2n) is 5.96. The monoisotopic (exact) mass is 366 g/mol. The van der Waals surface area contributed by atoms with Gasteiger partial charge in [0.25, 0.3) is 0 Å². The highest BCUT2D eigenvalue weighted by atomic mass is 32.1. The van der Waals surface area contributed by atoms with Crippen LogP contribution in [0.1, 0.15) is 34.5 Å². The van der Waals surface area contributed by atoms with E-state index in [2.05, 4.69) is 72.3 Å². The van der Waals surface area contributed by atoms with Gasteiger partial charge in [0.1, 0.15) is 0 Å². The molecule has 2 aromatic carbocycles. The highest BCUT2D eigenvalue weighted by Gasteiger charge is 2.16. The molecule has 0 saturated heterocycles. The minimum absolute atomic E-state index is 0.0509. The first-order chi connectivity index (χ1) is 12.2. The molecular weight excluding hydrogens is 344 g/mol. The van der Waals surface area contributed by atoms with Gasteiger partial charge in [-0.05, 0) is 59.8 Å². The predicted octanol–water partition coefficient (Wildman–Crippen LogP) is 5.69. The summed E-state index contributed by atoms with van der Waals surface area (Å²) in [5, 5.41) is 9.53. The fraction of sp³-hybridized carbons (Fsp3) is 0.190. The predicted molar refractivity (Wildman–Crippen MR) is 113 cm³/mol. The Labute approximate surface area is 158 Å². The Kier molecular flexibility index (Phi) is 5.84. The summed E-state index contributed by atoms with van der Waals surface area (Å²) >= 11 is 7.31. The highest BCUT2D eigenvalue weighted by Crippen LogP contribution is 2.27. The maximum absolute atomic E-state index is 5.58. The van der Waals surface area contributed by atoms with Gasteiger partial charge in [0.2, 0.25) is 0 Å². The summed E-state index contributed by atoms with van der Waals surface area (Å²) in [6.45, 7) is 4.25. The molecule has 0 aliphatic heterocycles. The van der Waals surface area contributed by atoms with E-state index in [4.69, 9.17) is 12.2 Å². The van der Waals surface area contributed by atoms with Crippen LogP contribution in [0.3, 0.4) is 0 Å². The number of nitrogens with one attached hydrogen (secondary N) is 2. The molecular formula is C21H22N2S2. The van der Waals surface area contributed by atoms with E-state index in [0.29, 0.717) is 5.11 Å². The quantitative estimate of drug-likeness (QED) is 0.567. The minimum atomic E-state index is 0.0509.